The molecule has 0 unspecified atom stereocenters. The van der Waals surface area contributed by atoms with Gasteiger partial charge in [0.1, 0.15) is 35.2 Å². The Morgan fingerprint density at radius 2 is 2.07 bits per heavy atom. The molecule has 8 nitrogen and oxygen atoms in total. The maximum Gasteiger partial charge on any atom is 0.319 e. The molecule has 210 valence electrons. The molecule has 2 saturated heterocycles. The minimum Gasteiger partial charge on any atom is -0.508 e. The summed E-state index contributed by atoms with van der Waals surface area (Å²) in [5.41, 5.74) is 0.0751. The SMILES string of the molecule is C#Cc1c(F)ccc2cc(O)cc(-c3ncc4c(N5CCCO[C@@H]6C[C@@H]65)nc(OC[C@@H]5CCCN5C)nc4c3F)c12. The molecule has 0 spiro atoms. The summed E-state index contributed by atoms with van der Waals surface area (Å²) in [7, 11) is 2.06. The zero-order valence-electron chi connectivity index (χ0n) is 22.6. The van der Waals surface area contributed by atoms with Gasteiger partial charge in [-0.05, 0) is 62.9 Å². The number of pyridine rings is 1. The number of ether oxygens (including phenoxy) is 2. The second-order valence-electron chi connectivity index (χ2n) is 11.0. The van der Waals surface area contributed by atoms with Gasteiger partial charge in [0.15, 0.2) is 5.82 Å². The van der Waals surface area contributed by atoms with Crippen LogP contribution in [0.1, 0.15) is 31.2 Å². The number of likely N-dealkylation sites (tertiary alicyclic amines) is 1. The van der Waals surface area contributed by atoms with Crippen molar-refractivity contribution in [2.75, 3.05) is 38.3 Å². The number of rotatable bonds is 5. The van der Waals surface area contributed by atoms with Crippen LogP contribution in [-0.4, -0.2) is 76.5 Å². The molecule has 4 heterocycles. The van der Waals surface area contributed by atoms with Crippen molar-refractivity contribution >= 4 is 27.5 Å². The number of phenols is 1. The van der Waals surface area contributed by atoms with E-state index in [1.165, 1.54) is 30.5 Å². The van der Waals surface area contributed by atoms with E-state index >= 15 is 4.39 Å². The fourth-order valence-corrected chi connectivity index (χ4v) is 6.17. The van der Waals surface area contributed by atoms with Gasteiger partial charge < -0.3 is 24.4 Å². The molecule has 0 bridgehead atoms. The molecule has 41 heavy (non-hydrogen) atoms. The number of likely N-dealkylation sites (N-methyl/N-ethyl adjacent to an activating group) is 1. The number of hydrogen-bond donors (Lipinski definition) is 1. The molecule has 7 rings (SSSR count). The lowest BCUT2D eigenvalue weighted by Crippen LogP contribution is -2.31. The Morgan fingerprint density at radius 1 is 1.20 bits per heavy atom. The van der Waals surface area contributed by atoms with Gasteiger partial charge in [0.25, 0.3) is 0 Å². The molecule has 3 aliphatic rings. The molecule has 1 saturated carbocycles. The summed E-state index contributed by atoms with van der Waals surface area (Å²) in [4.78, 5) is 18.2. The van der Waals surface area contributed by atoms with Gasteiger partial charge in [0.05, 0.1) is 23.1 Å². The first-order valence-electron chi connectivity index (χ1n) is 13.9. The Balaban J connectivity index is 1.40. The third-order valence-electron chi connectivity index (χ3n) is 8.42. The molecule has 2 aromatic heterocycles. The first kappa shape index (κ1) is 25.9. The summed E-state index contributed by atoms with van der Waals surface area (Å²) >= 11 is 0. The monoisotopic (exact) mass is 557 g/mol. The van der Waals surface area contributed by atoms with Crippen molar-refractivity contribution in [2.45, 2.75) is 43.9 Å². The van der Waals surface area contributed by atoms with E-state index in [0.29, 0.717) is 36.3 Å². The largest absolute Gasteiger partial charge is 0.508 e. The molecule has 2 aliphatic heterocycles. The summed E-state index contributed by atoms with van der Waals surface area (Å²) in [5, 5.41) is 11.7. The van der Waals surface area contributed by atoms with E-state index in [9.17, 15) is 9.50 Å². The number of fused-ring (bicyclic) bond motifs is 3. The predicted octanol–water partition coefficient (Wildman–Crippen LogP) is 4.65. The molecule has 1 N–H and O–H groups in total. The molecule has 0 radical (unpaired) electrons. The number of aromatic hydroxyl groups is 1. The van der Waals surface area contributed by atoms with Crippen molar-refractivity contribution in [3.8, 4) is 35.4 Å². The normalized spacial score (nSPS) is 22.5. The van der Waals surface area contributed by atoms with E-state index < -0.39 is 11.6 Å². The maximum absolute atomic E-state index is 16.6. The fraction of sp³-hybridized carbons (Fsp3) is 0.387. The van der Waals surface area contributed by atoms with Crippen molar-refractivity contribution in [1.82, 2.24) is 19.9 Å². The number of hydrogen-bond acceptors (Lipinski definition) is 8. The molecule has 2 aromatic carbocycles. The Bertz CT molecular complexity index is 1720. The predicted molar refractivity (Wildman–Crippen MR) is 151 cm³/mol. The zero-order valence-corrected chi connectivity index (χ0v) is 22.6. The average Bonchev–Trinajstić information content (AvgIpc) is 3.65. The Morgan fingerprint density at radius 3 is 2.88 bits per heavy atom. The van der Waals surface area contributed by atoms with E-state index in [4.69, 9.17) is 20.9 Å². The molecule has 0 amide bonds. The Hall–Kier alpha value is -4.07. The number of phenolic OH excluding ortho intramolecular Hbond substituents is 1. The van der Waals surface area contributed by atoms with E-state index in [1.807, 2.05) is 0 Å². The second-order valence-corrected chi connectivity index (χ2v) is 11.0. The van der Waals surface area contributed by atoms with Gasteiger partial charge in [-0.1, -0.05) is 12.0 Å². The number of halogens is 2. The zero-order chi connectivity index (χ0) is 28.2. The summed E-state index contributed by atoms with van der Waals surface area (Å²) in [5.74, 6) is 1.45. The Labute approximate surface area is 235 Å². The van der Waals surface area contributed by atoms with E-state index in [2.05, 4.69) is 32.7 Å². The molecule has 4 aromatic rings. The number of nitrogens with zero attached hydrogens (tertiary/aromatic N) is 5. The lowest BCUT2D eigenvalue weighted by atomic mass is 9.96. The van der Waals surface area contributed by atoms with Crippen LogP contribution in [0.15, 0.2) is 30.5 Å². The van der Waals surface area contributed by atoms with Crippen molar-refractivity contribution in [2.24, 2.45) is 0 Å². The minimum atomic E-state index is -0.730. The first-order chi connectivity index (χ1) is 19.9. The van der Waals surface area contributed by atoms with Gasteiger partial charge in [-0.15, -0.1) is 6.42 Å². The third kappa shape index (κ3) is 4.49. The lowest BCUT2D eigenvalue weighted by molar-refractivity contribution is 0.124. The minimum absolute atomic E-state index is 0.0313. The van der Waals surface area contributed by atoms with E-state index in [0.717, 1.165) is 32.2 Å². The van der Waals surface area contributed by atoms with Crippen LogP contribution >= 0.6 is 0 Å². The molecular formula is C31H29F2N5O3. The van der Waals surface area contributed by atoms with E-state index in [-0.39, 0.29) is 57.7 Å². The van der Waals surface area contributed by atoms with Gasteiger partial charge in [0.2, 0.25) is 0 Å². The highest BCUT2D eigenvalue weighted by Crippen LogP contribution is 2.42. The van der Waals surface area contributed by atoms with Gasteiger partial charge in [-0.2, -0.15) is 9.97 Å². The van der Waals surface area contributed by atoms with Crippen molar-refractivity contribution in [3.63, 3.8) is 0 Å². The second kappa shape index (κ2) is 10.1. The molecular weight excluding hydrogens is 528 g/mol. The van der Waals surface area contributed by atoms with Crippen molar-refractivity contribution in [1.29, 1.82) is 0 Å². The van der Waals surface area contributed by atoms with Crippen molar-refractivity contribution < 1.29 is 23.4 Å². The van der Waals surface area contributed by atoms with Gasteiger partial charge >= 0.3 is 6.01 Å². The topological polar surface area (TPSA) is 83.8 Å². The fourth-order valence-electron chi connectivity index (χ4n) is 6.17. The van der Waals surface area contributed by atoms with Crippen LogP contribution in [0, 0.1) is 24.0 Å². The number of benzene rings is 2. The smallest absolute Gasteiger partial charge is 0.319 e. The quantitative estimate of drug-likeness (QED) is 0.355. The van der Waals surface area contributed by atoms with E-state index in [1.54, 1.807) is 0 Å². The number of terminal acetylenes is 1. The van der Waals surface area contributed by atoms with Crippen LogP contribution in [0.25, 0.3) is 32.9 Å². The lowest BCUT2D eigenvalue weighted by Gasteiger charge is -2.24. The Kier molecular flexibility index (Phi) is 6.36. The highest BCUT2D eigenvalue weighted by atomic mass is 19.1. The summed E-state index contributed by atoms with van der Waals surface area (Å²) in [6.07, 6.45) is 11.1. The van der Waals surface area contributed by atoms with Crippen LogP contribution in [0.5, 0.6) is 11.8 Å². The highest BCUT2D eigenvalue weighted by Gasteiger charge is 2.45. The number of anilines is 1. The molecule has 3 atom stereocenters. The van der Waals surface area contributed by atoms with Gasteiger partial charge in [-0.3, -0.25) is 4.98 Å². The maximum atomic E-state index is 16.6. The van der Waals surface area contributed by atoms with Crippen LogP contribution in [0.3, 0.4) is 0 Å². The van der Waals surface area contributed by atoms with Crippen molar-refractivity contribution in [3.05, 3.63) is 47.7 Å². The summed E-state index contributed by atoms with van der Waals surface area (Å²) in [6.45, 7) is 2.74. The van der Waals surface area contributed by atoms with Crippen LogP contribution in [-0.2, 0) is 4.74 Å². The standard InChI is InChI=1S/C31H29F2N5O3/c1-3-20-23(32)8-7-17-12-19(39)13-21(26(17)20)28-27(33)29-22(15-34-28)30(38-10-5-11-40-25-14-24(25)38)36-31(35-29)41-16-18-6-4-9-37(18)2/h1,7-8,12-13,15,18,24-25,39H,4-6,9-11,14,16H2,2H3/t18-,24-,25+/m0/s1. The summed E-state index contributed by atoms with van der Waals surface area (Å²) < 4.78 is 43.3. The van der Waals surface area contributed by atoms with Crippen LogP contribution in [0.2, 0.25) is 0 Å². The van der Waals surface area contributed by atoms with Crippen LogP contribution < -0.4 is 9.64 Å². The summed E-state index contributed by atoms with van der Waals surface area (Å²) in [6, 6.07) is 5.98. The average molecular weight is 558 g/mol. The molecule has 10 heteroatoms. The molecule has 1 aliphatic carbocycles. The van der Waals surface area contributed by atoms with Crippen LogP contribution in [0.4, 0.5) is 14.6 Å². The van der Waals surface area contributed by atoms with Gasteiger partial charge in [0, 0.05) is 36.3 Å². The number of aromatic nitrogens is 3. The first-order valence-corrected chi connectivity index (χ1v) is 13.9. The molecule has 3 fully saturated rings. The van der Waals surface area contributed by atoms with Gasteiger partial charge in [-0.25, -0.2) is 8.78 Å². The third-order valence-corrected chi connectivity index (χ3v) is 8.42. The highest BCUT2D eigenvalue weighted by molar-refractivity contribution is 6.03.